The van der Waals surface area contributed by atoms with Crippen LogP contribution in [-0.2, 0) is 44.6 Å². The zero-order valence-corrected chi connectivity index (χ0v) is 72.4. The first-order valence-electron chi connectivity index (χ1n) is 44.3. The number of rotatable bonds is 16. The topological polar surface area (TPSA) is 299 Å². The number of halogens is 4. The van der Waals surface area contributed by atoms with E-state index < -0.39 is 37.2 Å². The number of aromatic nitrogens is 10. The third-order valence-electron chi connectivity index (χ3n) is 26.1. The van der Waals surface area contributed by atoms with Gasteiger partial charge in [-0.15, -0.1) is 0 Å². The minimum absolute atomic E-state index is 0.104. The van der Waals surface area contributed by atoms with Crippen molar-refractivity contribution in [1.82, 2.24) is 48.2 Å². The van der Waals surface area contributed by atoms with Gasteiger partial charge in [-0.05, 0) is 178 Å². The standard InChI is InChI=1S/C28H29N3O3.C27H25F2N3O3.C24H22FN3O4.C23H20ClN3O3/c32-26-17-34-14-11-25(26)31-18-29-27-23-6-2-1-5-22(23)20(16-24(27)28(31)33)15-19-7-9-21(10-8-19)30-12-3-4-13-30;28-27(29)14-31(15-27)19-7-5-17(6-8-19)11-18-12-22-25(21-4-2-1-3-20(18)21)30-16-32(26(22)34)23-9-10-35-13-24(23)33;25-13-32-22-6-5-15(11-26-22)9-16-10-19-23(18-4-2-1-3-17(16)18)27-14-28(24(19)30)20-7-8-31-12-21(20)29;24-22-14(4-3-8-25-22)10-15-11-18-21(17-6-2-1-5-16(15)17)26-13-27(23(18)29)19-7-9-30-12-20(19)28/h1-2,5-10,16,18,25-26,32H,3-4,11-15,17H2;1-8,12,16,23-24,33H,9-11,13-15H2;1-6,10-11,14,20-21,29H,7-9,12-13H2;1-6,8,11,13,19-20,28H,7,9-10,12H2/t25-,26-;23-,24-;20-,21-;19-,20-/m0000/s1. The highest BCUT2D eigenvalue weighted by Crippen LogP contribution is 2.38. The molecule has 0 bridgehead atoms. The van der Waals surface area contributed by atoms with Gasteiger partial charge in [0.15, 0.2) is 0 Å². The van der Waals surface area contributed by atoms with Crippen molar-refractivity contribution in [2.45, 2.75) is 119 Å². The van der Waals surface area contributed by atoms with Crippen molar-refractivity contribution in [3.63, 3.8) is 0 Å². The average Bonchev–Trinajstić information content (AvgIpc) is 1.24. The van der Waals surface area contributed by atoms with E-state index in [0.717, 1.165) is 107 Å². The summed E-state index contributed by atoms with van der Waals surface area (Å²) in [7, 11) is 0. The summed E-state index contributed by atoms with van der Waals surface area (Å²) in [5, 5.41) is 52.0. The van der Waals surface area contributed by atoms with Gasteiger partial charge in [0.1, 0.15) is 5.15 Å². The van der Waals surface area contributed by atoms with Gasteiger partial charge in [0, 0.05) is 97.3 Å². The zero-order valence-electron chi connectivity index (χ0n) is 71.7. The number of hydrogen-bond donors (Lipinski definition) is 4. The van der Waals surface area contributed by atoms with Gasteiger partial charge in [-0.25, -0.2) is 43.1 Å². The van der Waals surface area contributed by atoms with Crippen molar-refractivity contribution in [1.29, 1.82) is 0 Å². The molecule has 0 spiro atoms. The van der Waals surface area contributed by atoms with E-state index in [9.17, 15) is 52.8 Å². The highest BCUT2D eigenvalue weighted by Gasteiger charge is 2.44. The highest BCUT2D eigenvalue weighted by molar-refractivity contribution is 6.30. The first kappa shape index (κ1) is 87.6. The summed E-state index contributed by atoms with van der Waals surface area (Å²) in [5.74, 6) is -2.38. The zero-order chi connectivity index (χ0) is 90.0. The van der Waals surface area contributed by atoms with Crippen LogP contribution in [0.3, 0.4) is 0 Å². The molecule has 6 aromatic heterocycles. The number of pyridine rings is 2. The van der Waals surface area contributed by atoms with E-state index in [2.05, 4.69) is 65.1 Å². The van der Waals surface area contributed by atoms with Crippen molar-refractivity contribution in [3.05, 3.63) is 323 Å². The molecule has 0 aliphatic carbocycles. The van der Waals surface area contributed by atoms with Crippen molar-refractivity contribution in [2.24, 2.45) is 0 Å². The van der Waals surface area contributed by atoms with Gasteiger partial charge in [0.05, 0.1) is 157 Å². The molecule has 0 radical (unpaired) electrons. The monoisotopic (exact) mass is 1790 g/mol. The van der Waals surface area contributed by atoms with Crippen molar-refractivity contribution >= 4 is 110 Å². The maximum Gasteiger partial charge on any atom is 0.282 e. The van der Waals surface area contributed by atoms with E-state index in [1.807, 2.05) is 158 Å². The van der Waals surface area contributed by atoms with E-state index in [1.54, 1.807) is 45.1 Å². The third-order valence-corrected chi connectivity index (χ3v) is 26.4. The molecule has 25 nitrogen and oxygen atoms in total. The largest absolute Gasteiger partial charge is 0.446 e. The summed E-state index contributed by atoms with van der Waals surface area (Å²) < 4.78 is 71.1. The maximum absolute atomic E-state index is 13.6. The first-order valence-corrected chi connectivity index (χ1v) is 44.7. The predicted octanol–water partition coefficient (Wildman–Crippen LogP) is 14.7. The Morgan fingerprint density at radius 1 is 0.374 bits per heavy atom. The molecule has 6 aliphatic rings. The fourth-order valence-corrected chi connectivity index (χ4v) is 19.4. The predicted molar refractivity (Wildman–Crippen MR) is 499 cm³/mol. The second-order valence-corrected chi connectivity index (χ2v) is 34.7. The number of nitrogens with zero attached hydrogens (tertiary/aromatic N) is 12. The van der Waals surface area contributed by atoms with Crippen molar-refractivity contribution < 1.29 is 57.3 Å². The Balaban J connectivity index is 0.000000113. The second kappa shape index (κ2) is 38.4. The molecule has 12 heterocycles. The Hall–Kier alpha value is -12.7. The lowest BCUT2D eigenvalue weighted by molar-refractivity contribution is -0.0395. The normalized spacial score (nSPS) is 20.3. The maximum atomic E-state index is 13.6. The summed E-state index contributed by atoms with van der Waals surface area (Å²) in [4.78, 5) is 84.9. The lowest BCUT2D eigenvalue weighted by Gasteiger charge is -2.40. The number of fused-ring (bicyclic) bond motifs is 12. The summed E-state index contributed by atoms with van der Waals surface area (Å²) in [5.41, 5.74) is 12.2. The van der Waals surface area contributed by atoms with Crippen LogP contribution in [0.1, 0.15) is 107 Å². The minimum atomic E-state index is -2.61. The Labute approximate surface area is 754 Å². The number of benzene rings is 10. The molecule has 29 heteroatoms. The Kier molecular flexibility index (Phi) is 25.6. The van der Waals surface area contributed by atoms with Gasteiger partial charge < -0.3 is 53.9 Å². The van der Waals surface area contributed by atoms with Gasteiger partial charge in [-0.1, -0.05) is 145 Å². The van der Waals surface area contributed by atoms with Gasteiger partial charge >= 0.3 is 0 Å². The van der Waals surface area contributed by atoms with Crippen LogP contribution in [0.2, 0.25) is 5.15 Å². The van der Waals surface area contributed by atoms with Crippen LogP contribution in [0.25, 0.3) is 86.7 Å². The number of aliphatic hydroxyl groups excluding tert-OH is 4. The van der Waals surface area contributed by atoms with Crippen molar-refractivity contribution in [2.75, 3.05) is 95.7 Å². The molecule has 22 rings (SSSR count). The molecular weight excluding hydrogens is 1690 g/mol. The van der Waals surface area contributed by atoms with Gasteiger partial charge in [0.25, 0.3) is 28.2 Å². The van der Waals surface area contributed by atoms with E-state index in [1.165, 1.54) is 45.9 Å². The molecule has 16 aromatic rings. The van der Waals surface area contributed by atoms with E-state index in [0.29, 0.717) is 120 Å². The number of ether oxygens (including phenoxy) is 5. The van der Waals surface area contributed by atoms with Crippen molar-refractivity contribution in [3.8, 4) is 5.88 Å². The van der Waals surface area contributed by atoms with Gasteiger partial charge in [-0.2, -0.15) is 0 Å². The molecule has 670 valence electrons. The first-order chi connectivity index (χ1) is 63.9. The number of hydrogen-bond acceptors (Lipinski definition) is 21. The Morgan fingerprint density at radius 2 is 0.702 bits per heavy atom. The molecule has 6 saturated heterocycles. The van der Waals surface area contributed by atoms with E-state index in [-0.39, 0.29) is 91.8 Å². The second-order valence-electron chi connectivity index (χ2n) is 34.4. The summed E-state index contributed by atoms with van der Waals surface area (Å²) in [6.45, 7) is 3.72. The third kappa shape index (κ3) is 18.2. The van der Waals surface area contributed by atoms with Crippen LogP contribution in [0.4, 0.5) is 24.5 Å². The van der Waals surface area contributed by atoms with E-state index in [4.69, 9.17) is 35.3 Å². The minimum Gasteiger partial charge on any atom is -0.446 e. The number of aliphatic hydroxyl groups is 4. The molecule has 6 fully saturated rings. The van der Waals surface area contributed by atoms with Crippen LogP contribution in [0.5, 0.6) is 5.88 Å². The van der Waals surface area contributed by atoms with E-state index >= 15 is 0 Å². The SMILES string of the molecule is O=c1c2cc(Cc3ccc(N4CC(F)(F)C4)cc3)c3ccccc3c2ncn1[C@H]1CCOC[C@@H]1O.O=c1c2cc(Cc3ccc(N4CCCC4)cc3)c3ccccc3c2ncn1[C@H]1CCOC[C@@H]1O.O=c1c2cc(Cc3ccc(OCF)nc3)c3ccccc3c2ncn1[C@H]1CCOC[C@@H]1O.O=c1c2cc(Cc3cccnc3Cl)c3ccccc3c2ncn1[C@H]1CCOC[C@@H]1O. The molecular formula is C102H96ClF3N12O13. The molecule has 6 aliphatic heterocycles. The number of anilines is 2. The highest BCUT2D eigenvalue weighted by atomic mass is 35.5. The molecule has 0 saturated carbocycles. The quantitative estimate of drug-likeness (QED) is 0.0516. The van der Waals surface area contributed by atoms with Crippen LogP contribution in [0.15, 0.2) is 251 Å². The fraction of sp³-hybridized carbons (Fsp3) is 0.314. The molecule has 0 unspecified atom stereocenters. The summed E-state index contributed by atoms with van der Waals surface area (Å²) in [6, 6.07) is 61.8. The summed E-state index contributed by atoms with van der Waals surface area (Å²) in [6.07, 6.45) is 13.8. The van der Waals surface area contributed by atoms with Gasteiger partial charge in [0.2, 0.25) is 12.7 Å². The van der Waals surface area contributed by atoms with Crippen LogP contribution in [-0.4, -0.2) is 185 Å². The Morgan fingerprint density at radius 3 is 1.02 bits per heavy atom. The molecule has 8 atom stereocenters. The lowest BCUT2D eigenvalue weighted by atomic mass is 9.95. The molecule has 10 aromatic carbocycles. The molecule has 131 heavy (non-hydrogen) atoms. The van der Waals surface area contributed by atoms with Gasteiger partial charge in [-0.3, -0.25) is 37.4 Å². The molecule has 4 N–H and O–H groups in total. The Bertz CT molecular complexity index is 7180. The fourth-order valence-electron chi connectivity index (χ4n) is 19.3. The van der Waals surface area contributed by atoms with Crippen LogP contribution in [0, 0.1) is 0 Å². The smallest absolute Gasteiger partial charge is 0.282 e. The summed E-state index contributed by atoms with van der Waals surface area (Å²) >= 11 is 6.29. The van der Waals surface area contributed by atoms with Crippen LogP contribution < -0.4 is 36.8 Å². The molecule has 0 amide bonds. The van der Waals surface area contributed by atoms with Crippen LogP contribution >= 0.6 is 11.6 Å². The number of alkyl halides is 3. The lowest BCUT2D eigenvalue weighted by Crippen LogP contribution is -2.56. The average molecular weight is 1790 g/mol.